The van der Waals surface area contributed by atoms with Crippen molar-refractivity contribution in [3.05, 3.63) is 29.8 Å². The number of para-hydroxylation sites is 1. The van der Waals surface area contributed by atoms with Crippen molar-refractivity contribution in [3.8, 4) is 11.8 Å². The first-order valence-electron chi connectivity index (χ1n) is 6.87. The second-order valence-electron chi connectivity index (χ2n) is 4.97. The molecular formula is C15H21N3O. The van der Waals surface area contributed by atoms with Gasteiger partial charge in [0.2, 0.25) is 0 Å². The summed E-state index contributed by atoms with van der Waals surface area (Å²) in [6.45, 7) is 7.22. The number of nitrogens with one attached hydrogen (secondary N) is 1. The van der Waals surface area contributed by atoms with Crippen molar-refractivity contribution in [2.75, 3.05) is 32.8 Å². The SMILES string of the molecule is CC1CN(CCCOc2ccccc2C#N)CCN1. The fourth-order valence-electron chi connectivity index (χ4n) is 2.37. The minimum Gasteiger partial charge on any atom is -0.492 e. The lowest BCUT2D eigenvalue weighted by atomic mass is 10.2. The first-order chi connectivity index (χ1) is 9.29. The van der Waals surface area contributed by atoms with Crippen LogP contribution in [0.1, 0.15) is 18.9 Å². The van der Waals surface area contributed by atoms with Crippen LogP contribution in [-0.2, 0) is 0 Å². The highest BCUT2D eigenvalue weighted by Gasteiger charge is 2.14. The molecule has 0 aliphatic carbocycles. The van der Waals surface area contributed by atoms with E-state index in [9.17, 15) is 0 Å². The standard InChI is InChI=1S/C15H21N3O/c1-13-12-18(9-7-17-13)8-4-10-19-15-6-3-2-5-14(15)11-16/h2-3,5-6,13,17H,4,7-10,12H2,1H3. The summed E-state index contributed by atoms with van der Waals surface area (Å²) in [5, 5.41) is 12.4. The molecule has 1 aromatic carbocycles. The number of piperazine rings is 1. The van der Waals surface area contributed by atoms with Crippen LogP contribution in [0.25, 0.3) is 0 Å². The normalized spacial score (nSPS) is 19.9. The number of hydrogen-bond donors (Lipinski definition) is 1. The minimum atomic E-state index is 0.578. The van der Waals surface area contributed by atoms with Crippen LogP contribution in [0.5, 0.6) is 5.75 Å². The summed E-state index contributed by atoms with van der Waals surface area (Å²) in [7, 11) is 0. The summed E-state index contributed by atoms with van der Waals surface area (Å²) in [5.41, 5.74) is 0.610. The zero-order chi connectivity index (χ0) is 13.5. The van der Waals surface area contributed by atoms with Gasteiger partial charge in [-0.1, -0.05) is 12.1 Å². The third-order valence-corrected chi connectivity index (χ3v) is 3.34. The Morgan fingerprint density at radius 2 is 2.32 bits per heavy atom. The van der Waals surface area contributed by atoms with Gasteiger partial charge in [0, 0.05) is 32.2 Å². The van der Waals surface area contributed by atoms with E-state index in [-0.39, 0.29) is 0 Å². The maximum Gasteiger partial charge on any atom is 0.137 e. The average Bonchev–Trinajstić information content (AvgIpc) is 2.44. The van der Waals surface area contributed by atoms with Gasteiger partial charge in [-0.15, -0.1) is 0 Å². The molecule has 1 atom stereocenters. The van der Waals surface area contributed by atoms with Gasteiger partial charge in [0.1, 0.15) is 11.8 Å². The van der Waals surface area contributed by atoms with Crippen LogP contribution in [0.3, 0.4) is 0 Å². The van der Waals surface area contributed by atoms with Gasteiger partial charge in [-0.25, -0.2) is 0 Å². The molecule has 4 heteroatoms. The van der Waals surface area contributed by atoms with Gasteiger partial charge in [-0.3, -0.25) is 0 Å². The second-order valence-corrected chi connectivity index (χ2v) is 4.97. The minimum absolute atomic E-state index is 0.578. The van der Waals surface area contributed by atoms with E-state index in [2.05, 4.69) is 23.2 Å². The first kappa shape index (κ1) is 13.9. The molecule has 1 aliphatic rings. The number of benzene rings is 1. The summed E-state index contributed by atoms with van der Waals surface area (Å²) in [6, 6.07) is 10.1. The molecule has 0 aromatic heterocycles. The van der Waals surface area contributed by atoms with E-state index in [0.29, 0.717) is 24.0 Å². The molecule has 0 bridgehead atoms. The summed E-state index contributed by atoms with van der Waals surface area (Å²) >= 11 is 0. The molecule has 0 spiro atoms. The fraction of sp³-hybridized carbons (Fsp3) is 0.533. The van der Waals surface area contributed by atoms with Crippen molar-refractivity contribution >= 4 is 0 Å². The fourth-order valence-corrected chi connectivity index (χ4v) is 2.37. The number of nitrogens with zero attached hydrogens (tertiary/aromatic N) is 2. The lowest BCUT2D eigenvalue weighted by molar-refractivity contribution is 0.189. The summed E-state index contributed by atoms with van der Waals surface area (Å²) in [4.78, 5) is 2.46. The molecule has 0 saturated carbocycles. The molecular weight excluding hydrogens is 238 g/mol. The Balaban J connectivity index is 1.70. The summed E-state index contributed by atoms with van der Waals surface area (Å²) < 4.78 is 5.68. The summed E-state index contributed by atoms with van der Waals surface area (Å²) in [5.74, 6) is 0.693. The van der Waals surface area contributed by atoms with Crippen molar-refractivity contribution in [2.24, 2.45) is 0 Å². The van der Waals surface area contributed by atoms with Gasteiger partial charge in [0.15, 0.2) is 0 Å². The van der Waals surface area contributed by atoms with E-state index in [4.69, 9.17) is 10.00 Å². The molecule has 19 heavy (non-hydrogen) atoms. The molecule has 1 heterocycles. The number of rotatable bonds is 5. The van der Waals surface area contributed by atoms with Crippen LogP contribution in [0, 0.1) is 11.3 Å². The highest BCUT2D eigenvalue weighted by molar-refractivity contribution is 5.42. The predicted molar refractivity (Wildman–Crippen MR) is 75.2 cm³/mol. The molecule has 1 saturated heterocycles. The molecule has 1 unspecified atom stereocenters. The zero-order valence-electron chi connectivity index (χ0n) is 11.4. The van der Waals surface area contributed by atoms with E-state index < -0.39 is 0 Å². The van der Waals surface area contributed by atoms with Gasteiger partial charge >= 0.3 is 0 Å². The predicted octanol–water partition coefficient (Wildman–Crippen LogP) is 1.62. The Hall–Kier alpha value is -1.57. The number of ether oxygens (including phenoxy) is 1. The van der Waals surface area contributed by atoms with Gasteiger partial charge in [0.05, 0.1) is 12.2 Å². The van der Waals surface area contributed by atoms with Crippen LogP contribution >= 0.6 is 0 Å². The Kier molecular flexibility index (Phi) is 5.20. The lowest BCUT2D eigenvalue weighted by Crippen LogP contribution is -2.49. The number of hydrogen-bond acceptors (Lipinski definition) is 4. The molecule has 0 amide bonds. The van der Waals surface area contributed by atoms with Gasteiger partial charge in [-0.2, -0.15) is 5.26 Å². The molecule has 1 fully saturated rings. The zero-order valence-corrected chi connectivity index (χ0v) is 11.4. The van der Waals surface area contributed by atoms with Crippen molar-refractivity contribution in [1.29, 1.82) is 5.26 Å². The van der Waals surface area contributed by atoms with Gasteiger partial charge in [0.25, 0.3) is 0 Å². The van der Waals surface area contributed by atoms with Crippen molar-refractivity contribution in [3.63, 3.8) is 0 Å². The van der Waals surface area contributed by atoms with Crippen LogP contribution in [0.4, 0.5) is 0 Å². The van der Waals surface area contributed by atoms with Crippen LogP contribution in [-0.4, -0.2) is 43.7 Å². The monoisotopic (exact) mass is 259 g/mol. The van der Waals surface area contributed by atoms with E-state index in [1.807, 2.05) is 18.2 Å². The molecule has 1 N–H and O–H groups in total. The molecule has 4 nitrogen and oxygen atoms in total. The highest BCUT2D eigenvalue weighted by Crippen LogP contribution is 2.16. The van der Waals surface area contributed by atoms with E-state index >= 15 is 0 Å². The third kappa shape index (κ3) is 4.23. The van der Waals surface area contributed by atoms with Crippen LogP contribution < -0.4 is 10.1 Å². The van der Waals surface area contributed by atoms with E-state index in [0.717, 1.165) is 32.6 Å². The van der Waals surface area contributed by atoms with E-state index in [1.54, 1.807) is 6.07 Å². The quantitative estimate of drug-likeness (QED) is 0.816. The van der Waals surface area contributed by atoms with Crippen LogP contribution in [0.2, 0.25) is 0 Å². The van der Waals surface area contributed by atoms with Crippen molar-refractivity contribution in [2.45, 2.75) is 19.4 Å². The summed E-state index contributed by atoms with van der Waals surface area (Å²) in [6.07, 6.45) is 0.993. The van der Waals surface area contributed by atoms with Crippen LogP contribution in [0.15, 0.2) is 24.3 Å². The van der Waals surface area contributed by atoms with Crippen molar-refractivity contribution < 1.29 is 4.74 Å². The Bertz CT molecular complexity index is 441. The Labute approximate surface area is 115 Å². The molecule has 0 radical (unpaired) electrons. The molecule has 1 aliphatic heterocycles. The average molecular weight is 259 g/mol. The smallest absolute Gasteiger partial charge is 0.137 e. The topological polar surface area (TPSA) is 48.3 Å². The number of nitriles is 1. The van der Waals surface area contributed by atoms with Gasteiger partial charge in [-0.05, 0) is 25.5 Å². The highest BCUT2D eigenvalue weighted by atomic mass is 16.5. The van der Waals surface area contributed by atoms with E-state index in [1.165, 1.54) is 0 Å². The largest absolute Gasteiger partial charge is 0.492 e. The van der Waals surface area contributed by atoms with Crippen molar-refractivity contribution in [1.82, 2.24) is 10.2 Å². The first-order valence-corrected chi connectivity index (χ1v) is 6.87. The Morgan fingerprint density at radius 3 is 3.11 bits per heavy atom. The lowest BCUT2D eigenvalue weighted by Gasteiger charge is -2.31. The van der Waals surface area contributed by atoms with Gasteiger partial charge < -0.3 is 15.0 Å². The maximum absolute atomic E-state index is 8.96. The second kappa shape index (κ2) is 7.13. The Morgan fingerprint density at radius 1 is 1.47 bits per heavy atom. The maximum atomic E-state index is 8.96. The molecule has 2 rings (SSSR count). The molecule has 1 aromatic rings. The molecule has 102 valence electrons. The third-order valence-electron chi connectivity index (χ3n) is 3.34.